The molecule has 5 aromatic rings. The predicted octanol–water partition coefficient (Wildman–Crippen LogP) is 4.23. The van der Waals surface area contributed by atoms with Gasteiger partial charge in [0.25, 0.3) is 5.56 Å². The second kappa shape index (κ2) is 7.61. The monoisotopic (exact) mass is 507 g/mol. The van der Waals surface area contributed by atoms with Crippen molar-refractivity contribution in [2.24, 2.45) is 0 Å². The van der Waals surface area contributed by atoms with E-state index in [1.807, 2.05) is 60.7 Å². The molecule has 4 heterocycles. The number of aromatic nitrogens is 3. The molecular formula is C23H14BrN3O4S. The van der Waals surface area contributed by atoms with E-state index in [0.29, 0.717) is 32.6 Å². The van der Waals surface area contributed by atoms with Gasteiger partial charge in [0.1, 0.15) is 22.7 Å². The summed E-state index contributed by atoms with van der Waals surface area (Å²) in [6, 6.07) is 19.0. The minimum absolute atomic E-state index is 0.249. The van der Waals surface area contributed by atoms with Gasteiger partial charge in [-0.1, -0.05) is 51.5 Å². The fourth-order valence-electron chi connectivity index (χ4n) is 3.49. The van der Waals surface area contributed by atoms with Crippen molar-refractivity contribution in [3.63, 3.8) is 0 Å². The van der Waals surface area contributed by atoms with E-state index in [9.17, 15) is 4.79 Å². The van der Waals surface area contributed by atoms with E-state index in [-0.39, 0.29) is 12.2 Å². The number of para-hydroxylation sites is 2. The fourth-order valence-corrected chi connectivity index (χ4v) is 4.78. The quantitative estimate of drug-likeness (QED) is 0.363. The van der Waals surface area contributed by atoms with E-state index in [2.05, 4.69) is 26.0 Å². The molecule has 158 valence electrons. The summed E-state index contributed by atoms with van der Waals surface area (Å²) in [5, 5.41) is 4.38. The molecule has 0 saturated heterocycles. The van der Waals surface area contributed by atoms with Crippen molar-refractivity contribution in [1.29, 1.82) is 0 Å². The molecule has 1 aliphatic rings. The molecule has 0 saturated carbocycles. The highest BCUT2D eigenvalue weighted by molar-refractivity contribution is 9.10. The Hall–Kier alpha value is -3.43. The average molecular weight is 508 g/mol. The number of benzene rings is 2. The maximum absolute atomic E-state index is 12.9. The Morgan fingerprint density at radius 2 is 1.97 bits per heavy atom. The summed E-state index contributed by atoms with van der Waals surface area (Å²) in [5.41, 5.74) is 0.700. The average Bonchev–Trinajstić information content (AvgIpc) is 3.51. The highest BCUT2D eigenvalue weighted by Crippen LogP contribution is 2.35. The molecule has 0 fully saturated rings. The van der Waals surface area contributed by atoms with E-state index in [1.54, 1.807) is 6.08 Å². The third kappa shape index (κ3) is 3.39. The molecule has 2 aromatic carbocycles. The minimum atomic E-state index is -0.471. The first-order chi connectivity index (χ1) is 15.6. The molecule has 0 spiro atoms. The van der Waals surface area contributed by atoms with Crippen molar-refractivity contribution in [1.82, 2.24) is 14.6 Å². The molecule has 7 nitrogen and oxygen atoms in total. The van der Waals surface area contributed by atoms with Crippen LogP contribution in [0.3, 0.4) is 0 Å². The first kappa shape index (κ1) is 19.3. The Morgan fingerprint density at radius 1 is 1.09 bits per heavy atom. The zero-order valence-corrected chi connectivity index (χ0v) is 18.8. The molecule has 9 heteroatoms. The van der Waals surface area contributed by atoms with Gasteiger partial charge in [0.15, 0.2) is 23.4 Å². The lowest BCUT2D eigenvalue weighted by atomic mass is 10.2. The summed E-state index contributed by atoms with van der Waals surface area (Å²) in [4.78, 5) is 17.9. The SMILES string of the molecule is O=c1/c(=C/c2ccc(-c3cccc(Br)c3)o2)sc2nc(C3COc4ccccc4O3)nn12. The van der Waals surface area contributed by atoms with Crippen LogP contribution in [0.25, 0.3) is 22.4 Å². The summed E-state index contributed by atoms with van der Waals surface area (Å²) < 4.78 is 20.4. The number of ether oxygens (including phenoxy) is 2. The standard InChI is InChI=1S/C23H14BrN3O4S/c24-14-5-3-4-13(10-14)16-9-8-15(30-16)11-20-22(28)27-23(32-20)25-21(26-27)19-12-29-17-6-1-2-7-18(17)31-19/h1-11,19H,12H2/b20-11-. The van der Waals surface area contributed by atoms with Crippen LogP contribution in [0.2, 0.25) is 0 Å². The van der Waals surface area contributed by atoms with Gasteiger partial charge in [-0.25, -0.2) is 0 Å². The summed E-state index contributed by atoms with van der Waals surface area (Å²) in [7, 11) is 0. The van der Waals surface area contributed by atoms with E-state index in [1.165, 1.54) is 15.9 Å². The molecule has 0 amide bonds. The fraction of sp³-hybridized carbons (Fsp3) is 0.0870. The topological polar surface area (TPSA) is 78.9 Å². The Labute approximate surface area is 193 Å². The van der Waals surface area contributed by atoms with E-state index in [0.717, 1.165) is 15.8 Å². The molecule has 3 aromatic heterocycles. The Morgan fingerprint density at radius 3 is 2.81 bits per heavy atom. The van der Waals surface area contributed by atoms with Gasteiger partial charge in [0.05, 0.1) is 0 Å². The van der Waals surface area contributed by atoms with Crippen LogP contribution in [-0.4, -0.2) is 21.2 Å². The van der Waals surface area contributed by atoms with Gasteiger partial charge < -0.3 is 13.9 Å². The predicted molar refractivity (Wildman–Crippen MR) is 123 cm³/mol. The largest absolute Gasteiger partial charge is 0.485 e. The number of rotatable bonds is 3. The number of fused-ring (bicyclic) bond motifs is 2. The van der Waals surface area contributed by atoms with Crippen LogP contribution in [0.4, 0.5) is 0 Å². The van der Waals surface area contributed by atoms with Gasteiger partial charge in [-0.05, 0) is 36.4 Å². The first-order valence-corrected chi connectivity index (χ1v) is 11.4. The summed E-state index contributed by atoms with van der Waals surface area (Å²) in [6.07, 6.45) is 1.24. The first-order valence-electron chi connectivity index (χ1n) is 9.79. The summed E-state index contributed by atoms with van der Waals surface area (Å²) in [6.45, 7) is 0.285. The smallest absolute Gasteiger partial charge is 0.291 e. The number of halogens is 1. The van der Waals surface area contributed by atoms with Crippen molar-refractivity contribution in [3.8, 4) is 22.8 Å². The van der Waals surface area contributed by atoms with Crippen molar-refractivity contribution < 1.29 is 13.9 Å². The second-order valence-corrected chi connectivity index (χ2v) is 9.08. The molecule has 0 radical (unpaired) electrons. The van der Waals surface area contributed by atoms with Gasteiger partial charge in [-0.2, -0.15) is 9.50 Å². The number of thiazole rings is 1. The maximum atomic E-state index is 12.9. The van der Waals surface area contributed by atoms with Crippen molar-refractivity contribution in [2.45, 2.75) is 6.10 Å². The van der Waals surface area contributed by atoms with Gasteiger partial charge in [-0.3, -0.25) is 4.79 Å². The van der Waals surface area contributed by atoms with Crippen LogP contribution in [0.15, 0.2) is 74.3 Å². The highest BCUT2D eigenvalue weighted by atomic mass is 79.9. The van der Waals surface area contributed by atoms with Crippen LogP contribution in [0.5, 0.6) is 11.5 Å². The summed E-state index contributed by atoms with van der Waals surface area (Å²) in [5.74, 6) is 3.05. The van der Waals surface area contributed by atoms with Crippen molar-refractivity contribution >= 4 is 38.3 Å². The molecule has 1 unspecified atom stereocenters. The lowest BCUT2D eigenvalue weighted by Gasteiger charge is -2.24. The third-order valence-corrected chi connectivity index (χ3v) is 6.46. The van der Waals surface area contributed by atoms with Gasteiger partial charge in [0, 0.05) is 16.1 Å². The van der Waals surface area contributed by atoms with Crippen LogP contribution in [0.1, 0.15) is 17.7 Å². The highest BCUT2D eigenvalue weighted by Gasteiger charge is 2.27. The van der Waals surface area contributed by atoms with E-state index < -0.39 is 6.10 Å². The summed E-state index contributed by atoms with van der Waals surface area (Å²) >= 11 is 4.72. The minimum Gasteiger partial charge on any atom is -0.485 e. The molecule has 0 bridgehead atoms. The molecule has 6 rings (SSSR count). The van der Waals surface area contributed by atoms with E-state index in [4.69, 9.17) is 13.9 Å². The molecular weight excluding hydrogens is 494 g/mol. The molecule has 0 aliphatic carbocycles. The van der Waals surface area contributed by atoms with Gasteiger partial charge in [0.2, 0.25) is 4.96 Å². The maximum Gasteiger partial charge on any atom is 0.291 e. The van der Waals surface area contributed by atoms with Gasteiger partial charge >= 0.3 is 0 Å². The lowest BCUT2D eigenvalue weighted by Crippen LogP contribution is -2.26. The Balaban J connectivity index is 1.30. The number of furan rings is 1. The number of hydrogen-bond donors (Lipinski definition) is 0. The Kier molecular flexibility index (Phi) is 4.58. The van der Waals surface area contributed by atoms with Crippen LogP contribution < -0.4 is 19.6 Å². The van der Waals surface area contributed by atoms with E-state index >= 15 is 0 Å². The number of nitrogens with zero attached hydrogens (tertiary/aromatic N) is 3. The Bertz CT molecular complexity index is 1570. The lowest BCUT2D eigenvalue weighted by molar-refractivity contribution is 0.0852. The third-order valence-electron chi connectivity index (χ3n) is 5.00. The molecule has 1 aliphatic heterocycles. The van der Waals surface area contributed by atoms with Crippen LogP contribution in [-0.2, 0) is 0 Å². The molecule has 1 atom stereocenters. The van der Waals surface area contributed by atoms with Crippen LogP contribution >= 0.6 is 27.3 Å². The zero-order valence-electron chi connectivity index (χ0n) is 16.4. The zero-order chi connectivity index (χ0) is 21.7. The van der Waals surface area contributed by atoms with Crippen LogP contribution in [0, 0.1) is 0 Å². The molecule has 32 heavy (non-hydrogen) atoms. The second-order valence-electron chi connectivity index (χ2n) is 7.16. The molecule has 0 N–H and O–H groups in total. The number of hydrogen-bond acceptors (Lipinski definition) is 7. The van der Waals surface area contributed by atoms with Crippen molar-refractivity contribution in [3.05, 3.63) is 91.6 Å². The van der Waals surface area contributed by atoms with Crippen molar-refractivity contribution in [2.75, 3.05) is 6.61 Å². The van der Waals surface area contributed by atoms with Gasteiger partial charge in [-0.15, -0.1) is 5.10 Å². The normalized spacial score (nSPS) is 16.0.